The first-order valence-electron chi connectivity index (χ1n) is 10.8. The summed E-state index contributed by atoms with van der Waals surface area (Å²) >= 11 is 2.02. The van der Waals surface area contributed by atoms with Gasteiger partial charge in [0.2, 0.25) is 0 Å². The molecule has 0 rings (SSSR count). The molecule has 0 aromatic rings. The average molecular weight is 360 g/mol. The van der Waals surface area contributed by atoms with Crippen LogP contribution in [0.2, 0.25) is 0 Å². The molecule has 0 fully saturated rings. The molecule has 2 nitrogen and oxygen atoms in total. The van der Waals surface area contributed by atoms with E-state index < -0.39 is 0 Å². The Balaban J connectivity index is 3.12. The second-order valence-corrected chi connectivity index (χ2v) is 8.35. The lowest BCUT2D eigenvalue weighted by Crippen LogP contribution is -2.28. The predicted octanol–water partition coefficient (Wildman–Crippen LogP) is 6.52. The zero-order chi connectivity index (χ0) is 17.7. The van der Waals surface area contributed by atoms with Crippen molar-refractivity contribution >= 4 is 11.8 Å². The molecule has 0 aromatic heterocycles. The van der Waals surface area contributed by atoms with Crippen molar-refractivity contribution in [2.45, 2.75) is 116 Å². The zero-order valence-corrected chi connectivity index (χ0v) is 17.5. The number of hydrogen-bond donors (Lipinski definition) is 2. The molecule has 0 aliphatic heterocycles. The highest BCUT2D eigenvalue weighted by Crippen LogP contribution is 2.16. The lowest BCUT2D eigenvalue weighted by molar-refractivity contribution is 0.290. The van der Waals surface area contributed by atoms with Crippen LogP contribution in [0.15, 0.2) is 0 Å². The van der Waals surface area contributed by atoms with Crippen LogP contribution < -0.4 is 5.32 Å². The van der Waals surface area contributed by atoms with Gasteiger partial charge < -0.3 is 10.4 Å². The van der Waals surface area contributed by atoms with Gasteiger partial charge in [0, 0.05) is 6.54 Å². The van der Waals surface area contributed by atoms with Gasteiger partial charge in [-0.05, 0) is 18.6 Å². The molecule has 0 radical (unpaired) electrons. The first-order valence-corrected chi connectivity index (χ1v) is 11.9. The van der Waals surface area contributed by atoms with Crippen molar-refractivity contribution in [3.63, 3.8) is 0 Å². The number of aliphatic hydroxyl groups is 1. The van der Waals surface area contributed by atoms with Crippen LogP contribution in [-0.2, 0) is 0 Å². The summed E-state index contributed by atoms with van der Waals surface area (Å²) < 4.78 is 0. The van der Waals surface area contributed by atoms with Crippen molar-refractivity contribution in [3.8, 4) is 0 Å². The Bertz CT molecular complexity index is 226. The Morgan fingerprint density at radius 1 is 0.708 bits per heavy atom. The summed E-state index contributed by atoms with van der Waals surface area (Å²) in [5.41, 5.74) is 0. The van der Waals surface area contributed by atoms with E-state index in [1.165, 1.54) is 95.6 Å². The maximum Gasteiger partial charge on any atom is 0.0556 e. The molecule has 0 bridgehead atoms. The first kappa shape index (κ1) is 24.3. The molecule has 0 saturated carbocycles. The third-order valence-electron chi connectivity index (χ3n) is 4.67. The van der Waals surface area contributed by atoms with E-state index in [0.29, 0.717) is 5.37 Å². The molecular formula is C21H45NOS. The van der Waals surface area contributed by atoms with Crippen molar-refractivity contribution in [1.29, 1.82) is 0 Å². The first-order chi connectivity index (χ1) is 11.8. The van der Waals surface area contributed by atoms with Gasteiger partial charge in [-0.15, -0.1) is 11.8 Å². The number of rotatable bonds is 20. The number of hydrogen-bond acceptors (Lipinski definition) is 3. The molecule has 0 amide bonds. The third-order valence-corrected chi connectivity index (χ3v) is 6.10. The van der Waals surface area contributed by atoms with Gasteiger partial charge in [-0.25, -0.2) is 0 Å². The lowest BCUT2D eigenvalue weighted by Gasteiger charge is -2.15. The SMILES string of the molecule is CCCCCCCCCCCCCCCCSC(CC)NCCO. The Hall–Kier alpha value is 0.270. The molecular weight excluding hydrogens is 314 g/mol. The van der Waals surface area contributed by atoms with Crippen molar-refractivity contribution in [3.05, 3.63) is 0 Å². The smallest absolute Gasteiger partial charge is 0.0556 e. The minimum absolute atomic E-state index is 0.246. The van der Waals surface area contributed by atoms with E-state index >= 15 is 0 Å². The van der Waals surface area contributed by atoms with Gasteiger partial charge in [-0.2, -0.15) is 0 Å². The fourth-order valence-corrected chi connectivity index (χ4v) is 4.20. The van der Waals surface area contributed by atoms with Crippen molar-refractivity contribution in [2.24, 2.45) is 0 Å². The molecule has 24 heavy (non-hydrogen) atoms. The predicted molar refractivity (Wildman–Crippen MR) is 112 cm³/mol. The molecule has 0 aliphatic carbocycles. The van der Waals surface area contributed by atoms with E-state index in [1.807, 2.05) is 11.8 Å². The second-order valence-electron chi connectivity index (χ2n) is 7.04. The Labute approximate surface area is 157 Å². The van der Waals surface area contributed by atoms with Crippen LogP contribution in [0.25, 0.3) is 0 Å². The van der Waals surface area contributed by atoms with E-state index in [2.05, 4.69) is 19.2 Å². The molecule has 2 N–H and O–H groups in total. The topological polar surface area (TPSA) is 32.3 Å². The van der Waals surface area contributed by atoms with Gasteiger partial charge in [0.25, 0.3) is 0 Å². The highest BCUT2D eigenvalue weighted by Gasteiger charge is 2.04. The standard InChI is InChI=1S/C21H45NOS/c1-3-5-6-7-8-9-10-11-12-13-14-15-16-17-20-24-21(4-2)22-18-19-23/h21-23H,3-20H2,1-2H3. The molecule has 0 aromatic carbocycles. The summed E-state index contributed by atoms with van der Waals surface area (Å²) in [4.78, 5) is 0. The highest BCUT2D eigenvalue weighted by atomic mass is 32.2. The Morgan fingerprint density at radius 2 is 1.17 bits per heavy atom. The van der Waals surface area contributed by atoms with Gasteiger partial charge in [0.15, 0.2) is 0 Å². The maximum atomic E-state index is 8.84. The van der Waals surface area contributed by atoms with Crippen LogP contribution in [0.5, 0.6) is 0 Å². The number of unbranched alkanes of at least 4 members (excludes halogenated alkanes) is 13. The molecule has 1 atom stereocenters. The Kier molecular flexibility index (Phi) is 21.6. The van der Waals surface area contributed by atoms with E-state index in [1.54, 1.807) is 0 Å². The van der Waals surface area contributed by atoms with Crippen molar-refractivity contribution in [1.82, 2.24) is 5.32 Å². The summed E-state index contributed by atoms with van der Waals surface area (Å²) in [6.45, 7) is 5.48. The minimum atomic E-state index is 0.246. The van der Waals surface area contributed by atoms with Gasteiger partial charge in [0.1, 0.15) is 0 Å². The largest absolute Gasteiger partial charge is 0.395 e. The van der Waals surface area contributed by atoms with Crippen LogP contribution in [0, 0.1) is 0 Å². The molecule has 3 heteroatoms. The maximum absolute atomic E-state index is 8.84. The second kappa shape index (κ2) is 21.3. The van der Waals surface area contributed by atoms with Gasteiger partial charge in [-0.1, -0.05) is 97.3 Å². The summed E-state index contributed by atoms with van der Waals surface area (Å²) in [5, 5.41) is 12.8. The van der Waals surface area contributed by atoms with Crippen LogP contribution in [0.4, 0.5) is 0 Å². The lowest BCUT2D eigenvalue weighted by atomic mass is 10.0. The van der Waals surface area contributed by atoms with E-state index in [4.69, 9.17) is 5.11 Å². The van der Waals surface area contributed by atoms with Crippen molar-refractivity contribution in [2.75, 3.05) is 18.9 Å². The van der Waals surface area contributed by atoms with Crippen LogP contribution >= 0.6 is 11.8 Å². The Morgan fingerprint density at radius 3 is 1.58 bits per heavy atom. The van der Waals surface area contributed by atoms with Crippen LogP contribution in [-0.4, -0.2) is 29.4 Å². The van der Waals surface area contributed by atoms with Gasteiger partial charge in [-0.3, -0.25) is 0 Å². The fourth-order valence-electron chi connectivity index (χ4n) is 3.07. The van der Waals surface area contributed by atoms with E-state index in [0.717, 1.165) is 13.0 Å². The van der Waals surface area contributed by atoms with Crippen LogP contribution in [0.1, 0.15) is 110 Å². The van der Waals surface area contributed by atoms with E-state index in [9.17, 15) is 0 Å². The quantitative estimate of drug-likeness (QED) is 0.192. The molecule has 0 heterocycles. The zero-order valence-electron chi connectivity index (χ0n) is 16.7. The number of nitrogens with one attached hydrogen (secondary N) is 1. The molecule has 0 spiro atoms. The minimum Gasteiger partial charge on any atom is -0.395 e. The molecule has 0 aliphatic rings. The normalized spacial score (nSPS) is 12.6. The van der Waals surface area contributed by atoms with Gasteiger partial charge in [0.05, 0.1) is 12.0 Å². The van der Waals surface area contributed by atoms with Crippen molar-refractivity contribution < 1.29 is 5.11 Å². The molecule has 146 valence electrons. The molecule has 0 saturated heterocycles. The summed E-state index contributed by atoms with van der Waals surface area (Å²) in [5.74, 6) is 1.26. The van der Waals surface area contributed by atoms with Gasteiger partial charge >= 0.3 is 0 Å². The summed E-state index contributed by atoms with van der Waals surface area (Å²) in [7, 11) is 0. The monoisotopic (exact) mass is 359 g/mol. The molecule has 1 unspecified atom stereocenters. The average Bonchev–Trinajstić information content (AvgIpc) is 2.61. The summed E-state index contributed by atoms with van der Waals surface area (Å²) in [6, 6.07) is 0. The van der Waals surface area contributed by atoms with Crippen LogP contribution in [0.3, 0.4) is 0 Å². The number of thioether (sulfide) groups is 1. The van der Waals surface area contributed by atoms with E-state index in [-0.39, 0.29) is 6.61 Å². The summed E-state index contributed by atoms with van der Waals surface area (Å²) in [6.07, 6.45) is 21.2. The number of aliphatic hydroxyl groups excluding tert-OH is 1. The third kappa shape index (κ3) is 18.6. The fraction of sp³-hybridized carbons (Fsp3) is 1.00. The highest BCUT2D eigenvalue weighted by molar-refractivity contribution is 7.99.